The number of nitrogens with one attached hydrogen (secondary N) is 1. The molecule has 5 rings (SSSR count). The van der Waals surface area contributed by atoms with Crippen molar-refractivity contribution in [1.29, 1.82) is 0 Å². The van der Waals surface area contributed by atoms with E-state index in [1.165, 1.54) is 10.4 Å². The van der Waals surface area contributed by atoms with Crippen LogP contribution in [-0.4, -0.2) is 39.4 Å². The molecule has 0 bridgehead atoms. The number of fused-ring (bicyclic) bond motifs is 3. The zero-order chi connectivity index (χ0) is 17.0. The Labute approximate surface area is 161 Å². The van der Waals surface area contributed by atoms with E-state index in [2.05, 4.69) is 21.5 Å². The number of rotatable bonds is 1. The number of halogens is 1. The summed E-state index contributed by atoms with van der Waals surface area (Å²) < 4.78 is 8.01. The minimum atomic E-state index is -0.135. The molecule has 0 aromatic carbocycles. The molecule has 0 amide bonds. The summed E-state index contributed by atoms with van der Waals surface area (Å²) in [6.45, 7) is 2.78. The monoisotopic (exact) mass is 392 g/mol. The summed E-state index contributed by atoms with van der Waals surface area (Å²) in [6.07, 6.45) is 4.70. The first kappa shape index (κ1) is 17.7. The largest absolute Gasteiger partial charge is 0.383 e. The second-order valence-corrected chi connectivity index (χ2v) is 7.80. The maximum Gasteiger partial charge on any atom is 0.173 e. The lowest BCUT2D eigenvalue weighted by atomic mass is 9.86. The predicted molar refractivity (Wildman–Crippen MR) is 105 cm³/mol. The van der Waals surface area contributed by atoms with Crippen LogP contribution in [0.1, 0.15) is 23.3 Å². The van der Waals surface area contributed by atoms with Crippen molar-refractivity contribution < 1.29 is 4.74 Å². The summed E-state index contributed by atoms with van der Waals surface area (Å²) in [4.78, 5) is 11.7. The first-order valence-electron chi connectivity index (χ1n) is 8.60. The average Bonchev–Trinajstić information content (AvgIpc) is 3.21. The van der Waals surface area contributed by atoms with Crippen LogP contribution in [0.25, 0.3) is 21.7 Å². The fourth-order valence-corrected chi connectivity index (χ4v) is 5.23. The van der Waals surface area contributed by atoms with Gasteiger partial charge in [0.1, 0.15) is 11.4 Å². The van der Waals surface area contributed by atoms with Crippen LogP contribution in [-0.2, 0) is 23.8 Å². The summed E-state index contributed by atoms with van der Waals surface area (Å²) >= 11 is 1.76. The third-order valence-electron chi connectivity index (χ3n) is 5.23. The average molecular weight is 393 g/mol. The number of hydrogen-bond acceptors (Lipinski definition) is 7. The summed E-state index contributed by atoms with van der Waals surface area (Å²) in [5.74, 6) is 1.16. The van der Waals surface area contributed by atoms with Gasteiger partial charge in [-0.2, -0.15) is 5.10 Å². The molecular weight excluding hydrogens is 372 g/mol. The van der Waals surface area contributed by atoms with E-state index in [1.54, 1.807) is 22.2 Å². The van der Waals surface area contributed by atoms with Crippen LogP contribution >= 0.6 is 23.7 Å². The number of aromatic nitrogens is 4. The lowest BCUT2D eigenvalue weighted by molar-refractivity contribution is -0.0771. The van der Waals surface area contributed by atoms with Crippen molar-refractivity contribution in [2.75, 3.05) is 25.4 Å². The lowest BCUT2D eigenvalue weighted by Crippen LogP contribution is -2.43. The minimum Gasteiger partial charge on any atom is -0.383 e. The number of nitrogens with zero attached hydrogens (tertiary/aromatic N) is 4. The van der Waals surface area contributed by atoms with Crippen LogP contribution < -0.4 is 11.1 Å². The van der Waals surface area contributed by atoms with Gasteiger partial charge in [0.05, 0.1) is 23.1 Å². The Kier molecular flexibility index (Phi) is 4.38. The molecule has 3 aromatic heterocycles. The molecule has 2 aliphatic rings. The molecule has 1 saturated heterocycles. The van der Waals surface area contributed by atoms with Crippen LogP contribution in [0.4, 0.5) is 5.82 Å². The second kappa shape index (κ2) is 6.45. The number of anilines is 1. The van der Waals surface area contributed by atoms with E-state index in [4.69, 9.17) is 15.5 Å². The normalized spacial score (nSPS) is 18.7. The Morgan fingerprint density at radius 2 is 2.12 bits per heavy atom. The van der Waals surface area contributed by atoms with E-state index in [1.807, 2.05) is 7.05 Å². The number of ether oxygens (including phenoxy) is 1. The van der Waals surface area contributed by atoms with Crippen molar-refractivity contribution >= 4 is 40.6 Å². The van der Waals surface area contributed by atoms with Gasteiger partial charge in [-0.25, -0.2) is 9.97 Å². The standard InChI is InChI=1S/C17H20N6OS.ClH/c1-23-16-11(9-20-23)14(18)21-15(22-16)12-8-10-2-7-24-17(13(10)25-12)3-5-19-6-4-17;/h8-9,19H,2-7H2,1H3,(H2,18,21,22);1H. The molecule has 138 valence electrons. The molecule has 3 N–H and O–H groups in total. The number of aryl methyl sites for hydroxylation is 1. The summed E-state index contributed by atoms with van der Waals surface area (Å²) in [5.41, 5.74) is 8.14. The van der Waals surface area contributed by atoms with Crippen LogP contribution in [0.2, 0.25) is 0 Å². The molecule has 3 aromatic rings. The molecule has 1 spiro atoms. The van der Waals surface area contributed by atoms with Crippen LogP contribution in [0, 0.1) is 0 Å². The van der Waals surface area contributed by atoms with Gasteiger partial charge in [-0.05, 0) is 44.0 Å². The van der Waals surface area contributed by atoms with Gasteiger partial charge in [0.15, 0.2) is 11.5 Å². The number of nitrogen functional groups attached to an aromatic ring is 1. The molecule has 1 fully saturated rings. The Morgan fingerprint density at radius 1 is 1.31 bits per heavy atom. The van der Waals surface area contributed by atoms with Gasteiger partial charge in [-0.15, -0.1) is 23.7 Å². The third kappa shape index (κ3) is 2.60. The molecule has 9 heteroatoms. The molecule has 0 aliphatic carbocycles. The Balaban J connectivity index is 0.00000168. The van der Waals surface area contributed by atoms with E-state index in [-0.39, 0.29) is 18.0 Å². The van der Waals surface area contributed by atoms with Gasteiger partial charge in [-0.1, -0.05) is 0 Å². The Bertz CT molecular complexity index is 962. The van der Waals surface area contributed by atoms with Gasteiger partial charge in [0, 0.05) is 11.9 Å². The van der Waals surface area contributed by atoms with E-state index >= 15 is 0 Å². The lowest BCUT2D eigenvalue weighted by Gasteiger charge is -2.40. The van der Waals surface area contributed by atoms with Crippen molar-refractivity contribution in [2.45, 2.75) is 24.9 Å². The molecule has 0 radical (unpaired) electrons. The number of thiophene rings is 1. The molecule has 26 heavy (non-hydrogen) atoms. The maximum atomic E-state index is 6.27. The van der Waals surface area contributed by atoms with Crippen molar-refractivity contribution in [3.8, 4) is 10.7 Å². The summed E-state index contributed by atoms with van der Waals surface area (Å²) in [7, 11) is 1.87. The van der Waals surface area contributed by atoms with Crippen molar-refractivity contribution in [3.63, 3.8) is 0 Å². The topological polar surface area (TPSA) is 90.9 Å². The fourth-order valence-electron chi connectivity index (χ4n) is 3.89. The Morgan fingerprint density at radius 3 is 2.92 bits per heavy atom. The van der Waals surface area contributed by atoms with E-state index in [9.17, 15) is 0 Å². The molecule has 7 nitrogen and oxygen atoms in total. The number of hydrogen-bond donors (Lipinski definition) is 2. The highest BCUT2D eigenvalue weighted by molar-refractivity contribution is 7.15. The molecular formula is C17H21ClN6OS. The molecule has 5 heterocycles. The first-order chi connectivity index (χ1) is 12.2. The van der Waals surface area contributed by atoms with Gasteiger partial charge in [-0.3, -0.25) is 4.68 Å². The van der Waals surface area contributed by atoms with Crippen molar-refractivity contribution in [1.82, 2.24) is 25.1 Å². The SMILES string of the molecule is Cl.Cn1ncc2c(N)nc(-c3cc4c(s3)C3(CCNCC3)OCC4)nc21. The van der Waals surface area contributed by atoms with E-state index in [0.29, 0.717) is 11.6 Å². The zero-order valence-corrected chi connectivity index (χ0v) is 16.1. The fraction of sp³-hybridized carbons (Fsp3) is 0.471. The van der Waals surface area contributed by atoms with Crippen LogP contribution in [0.3, 0.4) is 0 Å². The van der Waals surface area contributed by atoms with E-state index in [0.717, 1.165) is 54.9 Å². The highest BCUT2D eigenvalue weighted by Gasteiger charge is 2.41. The molecule has 0 unspecified atom stereocenters. The van der Waals surface area contributed by atoms with Gasteiger partial charge >= 0.3 is 0 Å². The smallest absolute Gasteiger partial charge is 0.173 e. The highest BCUT2D eigenvalue weighted by atomic mass is 35.5. The van der Waals surface area contributed by atoms with Gasteiger partial charge < -0.3 is 15.8 Å². The number of nitrogens with two attached hydrogens (primary N) is 1. The second-order valence-electron chi connectivity index (χ2n) is 6.75. The van der Waals surface area contributed by atoms with Crippen molar-refractivity contribution in [3.05, 3.63) is 22.7 Å². The maximum absolute atomic E-state index is 6.27. The predicted octanol–water partition coefficient (Wildman–Crippen LogP) is 2.25. The molecule has 2 aliphatic heterocycles. The minimum absolute atomic E-state index is 0. The van der Waals surface area contributed by atoms with Crippen LogP contribution in [0.5, 0.6) is 0 Å². The zero-order valence-electron chi connectivity index (χ0n) is 14.5. The van der Waals surface area contributed by atoms with Gasteiger partial charge in [0.25, 0.3) is 0 Å². The number of piperidine rings is 1. The molecule has 0 atom stereocenters. The highest BCUT2D eigenvalue weighted by Crippen LogP contribution is 2.46. The molecule has 0 saturated carbocycles. The quantitative estimate of drug-likeness (QED) is 0.660. The summed E-state index contributed by atoms with van der Waals surface area (Å²) in [5, 5.41) is 8.46. The van der Waals surface area contributed by atoms with Gasteiger partial charge in [0.2, 0.25) is 0 Å². The first-order valence-corrected chi connectivity index (χ1v) is 9.41. The van der Waals surface area contributed by atoms with E-state index < -0.39 is 0 Å². The third-order valence-corrected chi connectivity index (χ3v) is 6.58. The van der Waals surface area contributed by atoms with Crippen LogP contribution in [0.15, 0.2) is 12.3 Å². The van der Waals surface area contributed by atoms with Crippen molar-refractivity contribution in [2.24, 2.45) is 7.05 Å². The Hall–Kier alpha value is -1.74. The summed E-state index contributed by atoms with van der Waals surface area (Å²) in [6, 6.07) is 2.23.